The molecule has 2 heterocycles. The number of amides is 1. The molecule has 11 heteroatoms. The fraction of sp³-hybridized carbons (Fsp3) is 0.789. The van der Waals surface area contributed by atoms with E-state index in [1.54, 1.807) is 5.38 Å². The lowest BCUT2D eigenvalue weighted by molar-refractivity contribution is 0.0895. The molecule has 1 saturated heterocycles. The second kappa shape index (κ2) is 9.23. The van der Waals surface area contributed by atoms with Gasteiger partial charge in [-0.2, -0.15) is 8.42 Å². The lowest BCUT2D eigenvalue weighted by atomic mass is 10.1. The number of aromatic nitrogens is 1. The zero-order chi connectivity index (χ0) is 22.9. The normalized spacial score (nSPS) is 17.2. The summed E-state index contributed by atoms with van der Waals surface area (Å²) in [5.74, 6) is 0.000553. The number of thiazole rings is 1. The van der Waals surface area contributed by atoms with Gasteiger partial charge in [-0.1, -0.05) is 34.6 Å². The third-order valence-electron chi connectivity index (χ3n) is 5.71. The maximum Gasteiger partial charge on any atom is 0.271 e. The Labute approximate surface area is 185 Å². The highest BCUT2D eigenvalue weighted by molar-refractivity contribution is 7.86. The second-order valence-corrected chi connectivity index (χ2v) is 17.0. The number of carbonyl (C=O) groups excluding carboxylic acids is 1. The van der Waals surface area contributed by atoms with Crippen molar-refractivity contribution in [2.75, 3.05) is 30.9 Å². The summed E-state index contributed by atoms with van der Waals surface area (Å²) in [6.45, 7) is 16.5. The summed E-state index contributed by atoms with van der Waals surface area (Å²) >= 11 is 1.36. The molecule has 172 valence electrons. The van der Waals surface area contributed by atoms with Crippen LogP contribution in [-0.2, 0) is 18.7 Å². The molecule has 1 aliphatic rings. The van der Waals surface area contributed by atoms with Crippen molar-refractivity contribution in [3.05, 3.63) is 11.1 Å². The Bertz CT molecular complexity index is 843. The van der Waals surface area contributed by atoms with Gasteiger partial charge in [-0.3, -0.25) is 8.98 Å². The van der Waals surface area contributed by atoms with E-state index in [2.05, 4.69) is 58.0 Å². The van der Waals surface area contributed by atoms with E-state index in [0.717, 1.165) is 6.26 Å². The van der Waals surface area contributed by atoms with Crippen LogP contribution in [0.25, 0.3) is 0 Å². The maximum absolute atomic E-state index is 12.7. The minimum atomic E-state index is -3.46. The van der Waals surface area contributed by atoms with Gasteiger partial charge in [-0.25, -0.2) is 4.98 Å². The predicted molar refractivity (Wildman–Crippen MR) is 123 cm³/mol. The first-order valence-electron chi connectivity index (χ1n) is 10.1. The number of nitrogens with zero attached hydrogens (tertiary/aromatic N) is 2. The van der Waals surface area contributed by atoms with Crippen LogP contribution in [0.3, 0.4) is 0 Å². The Kier molecular flexibility index (Phi) is 7.77. The van der Waals surface area contributed by atoms with Crippen LogP contribution in [0, 0.1) is 5.92 Å². The van der Waals surface area contributed by atoms with E-state index in [9.17, 15) is 13.2 Å². The number of nitrogens with one attached hydrogen (secondary N) is 1. The predicted octanol–water partition coefficient (Wildman–Crippen LogP) is 3.08. The molecule has 1 fully saturated rings. The minimum absolute atomic E-state index is 0.103. The van der Waals surface area contributed by atoms with E-state index in [1.807, 2.05) is 4.90 Å². The van der Waals surface area contributed by atoms with Crippen LogP contribution in [-0.4, -0.2) is 65.7 Å². The molecular weight excluding hydrogens is 442 g/mol. The molecule has 0 aromatic carbocycles. The fourth-order valence-corrected chi connectivity index (χ4v) is 5.05. The molecule has 0 bridgehead atoms. The van der Waals surface area contributed by atoms with Gasteiger partial charge in [-0.05, 0) is 24.1 Å². The van der Waals surface area contributed by atoms with Crippen molar-refractivity contribution in [1.82, 2.24) is 10.3 Å². The van der Waals surface area contributed by atoms with Crippen molar-refractivity contribution < 1.29 is 21.8 Å². The molecule has 1 aliphatic heterocycles. The average molecular weight is 478 g/mol. The standard InChI is InChI=1S/C19H35N3O5S2Si/c1-13(2)15(11-26-30(7,8)19(3,4)5)20-17(23)16-12-28-18(21-16)22-9-14(10-22)27-29(6,24)25/h12-15H,9-11H2,1-8H3,(H,20,23)/t15-/m1/s1. The first-order chi connectivity index (χ1) is 13.6. The molecule has 0 radical (unpaired) electrons. The zero-order valence-electron chi connectivity index (χ0n) is 19.2. The van der Waals surface area contributed by atoms with Crippen molar-refractivity contribution >= 4 is 40.8 Å². The Morgan fingerprint density at radius 1 is 1.37 bits per heavy atom. The summed E-state index contributed by atoms with van der Waals surface area (Å²) in [7, 11) is -5.36. The molecule has 1 amide bonds. The molecule has 8 nitrogen and oxygen atoms in total. The van der Waals surface area contributed by atoms with Gasteiger partial charge in [0.1, 0.15) is 11.8 Å². The summed E-state index contributed by atoms with van der Waals surface area (Å²) in [5, 5.41) is 5.59. The smallest absolute Gasteiger partial charge is 0.271 e. The topological polar surface area (TPSA) is 97.8 Å². The van der Waals surface area contributed by atoms with Gasteiger partial charge in [0.15, 0.2) is 13.4 Å². The van der Waals surface area contributed by atoms with Crippen molar-refractivity contribution in [3.63, 3.8) is 0 Å². The van der Waals surface area contributed by atoms with E-state index >= 15 is 0 Å². The van der Waals surface area contributed by atoms with Crippen molar-refractivity contribution in [2.24, 2.45) is 5.92 Å². The van der Waals surface area contributed by atoms with Crippen LogP contribution in [0.4, 0.5) is 5.13 Å². The summed E-state index contributed by atoms with van der Waals surface area (Å²) in [5.41, 5.74) is 0.362. The second-order valence-electron chi connectivity index (χ2n) is 9.74. The average Bonchev–Trinajstić information content (AvgIpc) is 3.01. The summed E-state index contributed by atoms with van der Waals surface area (Å²) < 4.78 is 33.6. The van der Waals surface area contributed by atoms with Crippen molar-refractivity contribution in [1.29, 1.82) is 0 Å². The number of rotatable bonds is 9. The molecule has 0 saturated carbocycles. The largest absolute Gasteiger partial charge is 0.415 e. The number of anilines is 1. The van der Waals surface area contributed by atoms with Gasteiger partial charge in [-0.15, -0.1) is 11.3 Å². The Balaban J connectivity index is 1.93. The monoisotopic (exact) mass is 477 g/mol. The highest BCUT2D eigenvalue weighted by atomic mass is 32.2. The first-order valence-corrected chi connectivity index (χ1v) is 15.7. The van der Waals surface area contributed by atoms with E-state index in [1.165, 1.54) is 11.3 Å². The van der Waals surface area contributed by atoms with E-state index in [-0.39, 0.29) is 29.0 Å². The lowest BCUT2D eigenvalue weighted by Gasteiger charge is -2.38. The highest BCUT2D eigenvalue weighted by Crippen LogP contribution is 2.36. The van der Waals surface area contributed by atoms with Crippen LogP contribution < -0.4 is 10.2 Å². The maximum atomic E-state index is 12.7. The molecule has 0 unspecified atom stereocenters. The quantitative estimate of drug-likeness (QED) is 0.431. The van der Waals surface area contributed by atoms with E-state index in [0.29, 0.717) is 30.5 Å². The van der Waals surface area contributed by atoms with Crippen LogP contribution in [0.2, 0.25) is 18.1 Å². The van der Waals surface area contributed by atoms with Gasteiger partial charge in [0.05, 0.1) is 18.9 Å². The molecule has 30 heavy (non-hydrogen) atoms. The van der Waals surface area contributed by atoms with Gasteiger partial charge in [0.2, 0.25) is 0 Å². The third-order valence-corrected chi connectivity index (χ3v) is 11.7. The lowest BCUT2D eigenvalue weighted by Crippen LogP contribution is -2.53. The van der Waals surface area contributed by atoms with Gasteiger partial charge in [0.25, 0.3) is 16.0 Å². The Morgan fingerprint density at radius 3 is 2.47 bits per heavy atom. The van der Waals surface area contributed by atoms with Crippen molar-refractivity contribution in [2.45, 2.75) is 64.9 Å². The third kappa shape index (κ3) is 6.74. The molecule has 0 aliphatic carbocycles. The Morgan fingerprint density at radius 2 is 1.97 bits per heavy atom. The Hall–Kier alpha value is -1.01. The molecule has 1 N–H and O–H groups in total. The molecule has 0 spiro atoms. The van der Waals surface area contributed by atoms with Crippen LogP contribution >= 0.6 is 11.3 Å². The molecule has 1 aromatic heterocycles. The highest BCUT2D eigenvalue weighted by Gasteiger charge is 2.38. The molecule has 1 atom stereocenters. The molecule has 2 rings (SSSR count). The number of hydrogen-bond donors (Lipinski definition) is 1. The summed E-state index contributed by atoms with van der Waals surface area (Å²) in [6.07, 6.45) is 0.681. The van der Waals surface area contributed by atoms with Crippen molar-refractivity contribution in [3.8, 4) is 0 Å². The molecule has 1 aromatic rings. The van der Waals surface area contributed by atoms with Crippen LogP contribution in [0.5, 0.6) is 0 Å². The first kappa shape index (κ1) is 25.2. The minimum Gasteiger partial charge on any atom is -0.415 e. The van der Waals surface area contributed by atoms with Gasteiger partial charge < -0.3 is 14.6 Å². The van der Waals surface area contributed by atoms with E-state index < -0.39 is 18.4 Å². The summed E-state index contributed by atoms with van der Waals surface area (Å²) in [4.78, 5) is 19.1. The van der Waals surface area contributed by atoms with E-state index in [4.69, 9.17) is 8.61 Å². The number of carbonyl (C=O) groups is 1. The van der Waals surface area contributed by atoms with Crippen LogP contribution in [0.1, 0.15) is 45.1 Å². The SMILES string of the molecule is CC(C)[C@@H](CO[Si](C)(C)C(C)(C)C)NC(=O)c1csc(N2CC(OS(C)(=O)=O)C2)n1. The van der Waals surface area contributed by atoms with Gasteiger partial charge in [0, 0.05) is 18.5 Å². The van der Waals surface area contributed by atoms with Crippen LogP contribution in [0.15, 0.2) is 5.38 Å². The number of hydrogen-bond acceptors (Lipinski definition) is 8. The summed E-state index contributed by atoms with van der Waals surface area (Å²) in [6, 6.07) is -0.103. The van der Waals surface area contributed by atoms with Gasteiger partial charge >= 0.3 is 0 Å². The molecular formula is C19H35N3O5S2Si. The zero-order valence-corrected chi connectivity index (χ0v) is 21.8. The fourth-order valence-electron chi connectivity index (χ4n) is 2.57.